The van der Waals surface area contributed by atoms with Gasteiger partial charge in [-0.15, -0.1) is 0 Å². The lowest BCUT2D eigenvalue weighted by Crippen LogP contribution is -2.45. The number of nitrogens with two attached hydrogens (primary N) is 1. The predicted octanol–water partition coefficient (Wildman–Crippen LogP) is 5.19. The molecule has 0 spiro atoms. The van der Waals surface area contributed by atoms with E-state index in [9.17, 15) is 23.1 Å². The molecular weight excluding hydrogens is 516 g/mol. The van der Waals surface area contributed by atoms with Gasteiger partial charge in [-0.2, -0.15) is 0 Å². The second-order valence-corrected chi connectivity index (χ2v) is 9.89. The highest BCUT2D eigenvalue weighted by molar-refractivity contribution is 5.85. The number of likely N-dealkylation sites (tertiary alicyclic amines) is 1. The molecule has 0 bridgehead atoms. The number of anilines is 1. The van der Waals surface area contributed by atoms with Crippen molar-refractivity contribution in [2.24, 2.45) is 11.1 Å². The molecule has 210 valence electrons. The van der Waals surface area contributed by atoms with Crippen molar-refractivity contribution in [1.29, 1.82) is 0 Å². The molecule has 1 saturated heterocycles. The Kier molecular flexibility index (Phi) is 8.91. The van der Waals surface area contributed by atoms with Crippen molar-refractivity contribution in [3.05, 3.63) is 65.1 Å². The van der Waals surface area contributed by atoms with Gasteiger partial charge >= 0.3 is 5.97 Å². The Hall–Kier alpha value is -3.44. The van der Waals surface area contributed by atoms with Crippen molar-refractivity contribution in [3.63, 3.8) is 0 Å². The van der Waals surface area contributed by atoms with Crippen LogP contribution in [-0.4, -0.2) is 54.2 Å². The highest BCUT2D eigenvalue weighted by Gasteiger charge is 2.41. The molecule has 0 amide bonds. The average molecular weight is 549 g/mol. The van der Waals surface area contributed by atoms with Gasteiger partial charge in [-0.25, -0.2) is 17.6 Å². The number of piperidine rings is 1. The number of hydrogen-bond donors (Lipinski definition) is 3. The van der Waals surface area contributed by atoms with Crippen LogP contribution in [-0.2, 0) is 11.3 Å². The molecule has 1 aliphatic heterocycles. The van der Waals surface area contributed by atoms with Crippen LogP contribution in [0.4, 0.5) is 23.2 Å². The number of nitrogens with zero attached hydrogens (tertiary/aromatic N) is 2. The Labute approximate surface area is 224 Å². The molecule has 1 atom stereocenters. The summed E-state index contributed by atoms with van der Waals surface area (Å²) in [6.07, 6.45) is 0.867. The van der Waals surface area contributed by atoms with Crippen LogP contribution in [0.15, 0.2) is 36.5 Å². The molecule has 1 aromatic heterocycles. The minimum absolute atomic E-state index is 0.000297. The van der Waals surface area contributed by atoms with E-state index in [1.807, 2.05) is 4.90 Å². The number of aliphatic carboxylic acids is 1. The average Bonchev–Trinajstić information content (AvgIpc) is 2.92. The van der Waals surface area contributed by atoms with Gasteiger partial charge in [-0.3, -0.25) is 9.78 Å². The van der Waals surface area contributed by atoms with Gasteiger partial charge in [0.2, 0.25) is 0 Å². The molecule has 11 heteroatoms. The van der Waals surface area contributed by atoms with Crippen molar-refractivity contribution < 1.29 is 32.2 Å². The van der Waals surface area contributed by atoms with Gasteiger partial charge in [0.25, 0.3) is 0 Å². The molecule has 2 heterocycles. The zero-order chi connectivity index (χ0) is 28.2. The number of carbonyl (C=O) groups is 1. The van der Waals surface area contributed by atoms with Gasteiger partial charge in [-0.05, 0) is 62.5 Å². The molecule has 0 radical (unpaired) electrons. The van der Waals surface area contributed by atoms with Crippen LogP contribution in [0.25, 0.3) is 10.9 Å². The number of ether oxygens (including phenoxy) is 1. The van der Waals surface area contributed by atoms with E-state index in [1.165, 1.54) is 7.11 Å². The smallest absolute Gasteiger partial charge is 0.309 e. The number of nitrogens with one attached hydrogen (secondary N) is 1. The van der Waals surface area contributed by atoms with Crippen molar-refractivity contribution in [1.82, 2.24) is 9.88 Å². The third-order valence-corrected chi connectivity index (χ3v) is 7.61. The molecule has 3 aromatic rings. The van der Waals surface area contributed by atoms with Crippen LogP contribution in [0.2, 0.25) is 0 Å². The molecule has 4 N–H and O–H groups in total. The second kappa shape index (κ2) is 12.2. The lowest BCUT2D eigenvalue weighted by molar-refractivity contribution is -0.153. The molecule has 1 fully saturated rings. The summed E-state index contributed by atoms with van der Waals surface area (Å²) in [5, 5.41) is 13.3. The minimum atomic E-state index is -1.44. The van der Waals surface area contributed by atoms with Crippen molar-refractivity contribution in [2.45, 2.75) is 38.4 Å². The number of halogens is 4. The molecule has 0 aliphatic carbocycles. The summed E-state index contributed by atoms with van der Waals surface area (Å²) >= 11 is 0. The second-order valence-electron chi connectivity index (χ2n) is 9.89. The third-order valence-electron chi connectivity index (χ3n) is 7.61. The number of carboxylic acid groups (broad SMARTS) is 1. The van der Waals surface area contributed by atoms with E-state index in [-0.39, 0.29) is 25.9 Å². The monoisotopic (exact) mass is 548 g/mol. The van der Waals surface area contributed by atoms with Crippen LogP contribution in [0.5, 0.6) is 5.75 Å². The molecule has 39 heavy (non-hydrogen) atoms. The van der Waals surface area contributed by atoms with E-state index >= 15 is 4.39 Å². The third kappa shape index (κ3) is 6.25. The Morgan fingerprint density at radius 2 is 1.90 bits per heavy atom. The van der Waals surface area contributed by atoms with Gasteiger partial charge in [0.1, 0.15) is 23.4 Å². The summed E-state index contributed by atoms with van der Waals surface area (Å²) in [4.78, 5) is 18.7. The highest BCUT2D eigenvalue weighted by atomic mass is 19.1. The molecule has 1 unspecified atom stereocenters. The zero-order valence-electron chi connectivity index (χ0n) is 21.7. The van der Waals surface area contributed by atoms with Crippen LogP contribution < -0.4 is 15.8 Å². The fraction of sp³-hybridized carbons (Fsp3) is 0.429. The standard InChI is InChI=1S/C28H32F4N4O3/c1-39-19-2-3-24-20(14-19)25(17(15-33)16-35-24)21(30)4-5-28(27(37)38)6-9-36(10-7-28)11-8-34-26-22(31)12-18(29)13-23(26)32/h2-3,12-14,16,21,34H,4-11,15,33H2,1H3,(H,37,38). The predicted molar refractivity (Wildman–Crippen MR) is 140 cm³/mol. The first-order valence-corrected chi connectivity index (χ1v) is 12.8. The Balaban J connectivity index is 1.39. The zero-order valence-corrected chi connectivity index (χ0v) is 21.7. The van der Waals surface area contributed by atoms with Gasteiger partial charge in [-0.1, -0.05) is 0 Å². The minimum Gasteiger partial charge on any atom is -0.497 e. The largest absolute Gasteiger partial charge is 0.497 e. The number of hydrogen-bond acceptors (Lipinski definition) is 6. The first-order valence-electron chi connectivity index (χ1n) is 12.8. The van der Waals surface area contributed by atoms with Gasteiger partial charge in [0.05, 0.1) is 18.0 Å². The van der Waals surface area contributed by atoms with E-state index in [0.29, 0.717) is 72.4 Å². The highest BCUT2D eigenvalue weighted by Crippen LogP contribution is 2.41. The lowest BCUT2D eigenvalue weighted by atomic mass is 9.74. The number of pyridine rings is 1. The Bertz CT molecular complexity index is 1300. The molecule has 1 aliphatic rings. The SMILES string of the molecule is COc1ccc2ncc(CN)c(C(F)CCC3(C(=O)O)CCN(CCNc4c(F)cc(F)cc4F)CC3)c2c1. The summed E-state index contributed by atoms with van der Waals surface area (Å²) in [6.45, 7) is 1.55. The molecule has 7 nitrogen and oxygen atoms in total. The fourth-order valence-corrected chi connectivity index (χ4v) is 5.27. The molecule has 0 saturated carbocycles. The van der Waals surface area contributed by atoms with Crippen molar-refractivity contribution >= 4 is 22.6 Å². The summed E-state index contributed by atoms with van der Waals surface area (Å²) in [7, 11) is 1.52. The van der Waals surface area contributed by atoms with Crippen LogP contribution in [0.1, 0.15) is 43.0 Å². The Morgan fingerprint density at radius 1 is 1.21 bits per heavy atom. The van der Waals surface area contributed by atoms with Crippen LogP contribution >= 0.6 is 0 Å². The van der Waals surface area contributed by atoms with Crippen LogP contribution in [0, 0.1) is 22.9 Å². The van der Waals surface area contributed by atoms with Gasteiger partial charge in [0.15, 0.2) is 11.6 Å². The normalized spacial score (nSPS) is 16.3. The number of benzene rings is 2. The van der Waals surface area contributed by atoms with E-state index in [2.05, 4.69) is 10.3 Å². The lowest BCUT2D eigenvalue weighted by Gasteiger charge is -2.39. The fourth-order valence-electron chi connectivity index (χ4n) is 5.27. The maximum atomic E-state index is 15.8. The maximum absolute atomic E-state index is 15.8. The number of alkyl halides is 1. The quantitative estimate of drug-likeness (QED) is 0.284. The summed E-state index contributed by atoms with van der Waals surface area (Å²) in [5.74, 6) is -3.45. The number of carboxylic acids is 1. The van der Waals surface area contributed by atoms with Crippen molar-refractivity contribution in [3.8, 4) is 5.75 Å². The number of fused-ring (bicyclic) bond motifs is 1. The summed E-state index contributed by atoms with van der Waals surface area (Å²) < 4.78 is 61.9. The van der Waals surface area contributed by atoms with Crippen LogP contribution in [0.3, 0.4) is 0 Å². The first-order chi connectivity index (χ1) is 18.7. The molecular formula is C28H32F4N4O3. The Morgan fingerprint density at radius 3 is 2.51 bits per heavy atom. The number of methoxy groups -OCH3 is 1. The van der Waals surface area contributed by atoms with Gasteiger partial charge < -0.3 is 25.8 Å². The number of aromatic nitrogens is 1. The topological polar surface area (TPSA) is 101 Å². The van der Waals surface area contributed by atoms with E-state index < -0.39 is 40.7 Å². The molecule has 2 aromatic carbocycles. The maximum Gasteiger partial charge on any atom is 0.309 e. The van der Waals surface area contributed by atoms with E-state index in [1.54, 1.807) is 24.4 Å². The van der Waals surface area contributed by atoms with Gasteiger partial charge in [0, 0.05) is 48.9 Å². The van der Waals surface area contributed by atoms with Crippen molar-refractivity contribution in [2.75, 3.05) is 38.6 Å². The number of rotatable bonds is 11. The van der Waals surface area contributed by atoms with E-state index in [0.717, 1.165) is 0 Å². The van der Waals surface area contributed by atoms with E-state index in [4.69, 9.17) is 10.5 Å². The summed E-state index contributed by atoms with van der Waals surface area (Å²) in [6, 6.07) is 6.41. The first kappa shape index (κ1) is 28.6. The molecule has 4 rings (SSSR count). The summed E-state index contributed by atoms with van der Waals surface area (Å²) in [5.41, 5.74) is 5.95.